The Hall–Kier alpha value is -1.23. The summed E-state index contributed by atoms with van der Waals surface area (Å²) >= 11 is 1.81. The lowest BCUT2D eigenvalue weighted by molar-refractivity contribution is 0.0884. The summed E-state index contributed by atoms with van der Waals surface area (Å²) in [6, 6.07) is 9.69. The van der Waals surface area contributed by atoms with Crippen LogP contribution in [0.2, 0.25) is 0 Å². The molecule has 0 saturated carbocycles. The van der Waals surface area contributed by atoms with Crippen molar-refractivity contribution in [1.82, 2.24) is 0 Å². The number of thioether (sulfide) groups is 1. The third-order valence-corrected chi connectivity index (χ3v) is 6.04. The third kappa shape index (κ3) is 4.69. The molecular formula is C21H28O3S. The minimum absolute atomic E-state index is 0.229. The molecule has 2 fully saturated rings. The van der Waals surface area contributed by atoms with E-state index in [-0.39, 0.29) is 18.1 Å². The Morgan fingerprint density at radius 1 is 1.28 bits per heavy atom. The Morgan fingerprint density at radius 2 is 2.04 bits per heavy atom. The van der Waals surface area contributed by atoms with Crippen molar-refractivity contribution in [3.8, 4) is 0 Å². The number of rotatable bonds is 8. The van der Waals surface area contributed by atoms with Gasteiger partial charge < -0.3 is 14.9 Å². The average molecular weight is 361 g/mol. The zero-order valence-electron chi connectivity index (χ0n) is 14.8. The number of aliphatic hydroxyl groups excluding tert-OH is 2. The molecule has 5 atom stereocenters. The lowest BCUT2D eigenvalue weighted by atomic mass is 9.76. The second-order valence-corrected chi connectivity index (χ2v) is 8.15. The normalized spacial score (nSPS) is 30.2. The summed E-state index contributed by atoms with van der Waals surface area (Å²) in [7, 11) is 0. The van der Waals surface area contributed by atoms with Gasteiger partial charge in [-0.15, -0.1) is 0 Å². The fourth-order valence-corrected chi connectivity index (χ4v) is 4.48. The number of fused-ring (bicyclic) bond motifs is 2. The van der Waals surface area contributed by atoms with Crippen molar-refractivity contribution in [3.63, 3.8) is 0 Å². The Labute approximate surface area is 154 Å². The Kier molecular flexibility index (Phi) is 6.63. The van der Waals surface area contributed by atoms with Gasteiger partial charge in [0, 0.05) is 24.0 Å². The van der Waals surface area contributed by atoms with Gasteiger partial charge in [0.1, 0.15) is 0 Å². The zero-order chi connectivity index (χ0) is 17.6. The first kappa shape index (κ1) is 18.6. The molecule has 25 heavy (non-hydrogen) atoms. The van der Waals surface area contributed by atoms with Gasteiger partial charge in [0.05, 0.1) is 24.1 Å². The molecule has 2 aliphatic heterocycles. The van der Waals surface area contributed by atoms with Crippen LogP contribution in [-0.4, -0.2) is 33.9 Å². The number of hydrogen-bond donors (Lipinski definition) is 2. The first-order valence-electron chi connectivity index (χ1n) is 9.21. The lowest BCUT2D eigenvalue weighted by Crippen LogP contribution is -2.26. The van der Waals surface area contributed by atoms with Crippen molar-refractivity contribution in [2.24, 2.45) is 11.8 Å². The Bertz CT molecular complexity index is 598. The van der Waals surface area contributed by atoms with Crippen LogP contribution in [0.4, 0.5) is 0 Å². The van der Waals surface area contributed by atoms with Crippen LogP contribution >= 0.6 is 11.8 Å². The summed E-state index contributed by atoms with van der Waals surface area (Å²) in [5, 5.41) is 20.6. The molecule has 0 aliphatic carbocycles. The van der Waals surface area contributed by atoms with Gasteiger partial charge in [-0.1, -0.05) is 49.4 Å². The highest BCUT2D eigenvalue weighted by Crippen LogP contribution is 2.46. The van der Waals surface area contributed by atoms with Gasteiger partial charge in [0.25, 0.3) is 0 Å². The molecule has 0 spiro atoms. The topological polar surface area (TPSA) is 49.7 Å². The standard InChI is InChI=1S/C21H28O3S/c1-2-25-13-12-16(22)14-18-17(20-10-11-21(18)24-20)8-9-19(23)15-6-4-3-5-7-15/h3-9,12,17-23H,2,10-11,13-14H2,1H3/b9-8+,16-12+/t17-,18+,19?,20-,21+/m0/s1. The van der Waals surface area contributed by atoms with E-state index in [2.05, 4.69) is 13.0 Å². The maximum absolute atomic E-state index is 10.4. The van der Waals surface area contributed by atoms with Gasteiger partial charge in [-0.25, -0.2) is 0 Å². The van der Waals surface area contributed by atoms with Crippen molar-refractivity contribution in [2.45, 2.75) is 44.5 Å². The summed E-state index contributed by atoms with van der Waals surface area (Å²) in [5.74, 6) is 2.97. The predicted molar refractivity (Wildman–Crippen MR) is 104 cm³/mol. The van der Waals surface area contributed by atoms with Crippen molar-refractivity contribution in [2.75, 3.05) is 11.5 Å². The van der Waals surface area contributed by atoms with Crippen LogP contribution in [0.5, 0.6) is 0 Å². The SMILES string of the molecule is CCSC/C=C(/O)C[C@@H]1[C@H](/C=C/C(O)c2ccccc2)[C@@H]2CC[C@H]1O2. The second kappa shape index (κ2) is 8.93. The van der Waals surface area contributed by atoms with E-state index >= 15 is 0 Å². The molecule has 3 nitrogen and oxygen atoms in total. The first-order valence-corrected chi connectivity index (χ1v) is 10.4. The number of allylic oxidation sites excluding steroid dienone is 1. The van der Waals surface area contributed by atoms with Crippen LogP contribution in [-0.2, 0) is 4.74 Å². The molecule has 2 heterocycles. The van der Waals surface area contributed by atoms with Gasteiger partial charge in [0.2, 0.25) is 0 Å². The summed E-state index contributed by atoms with van der Waals surface area (Å²) in [5.41, 5.74) is 0.902. The number of benzene rings is 1. The van der Waals surface area contributed by atoms with Crippen LogP contribution in [0.1, 0.15) is 37.9 Å². The van der Waals surface area contributed by atoms with Gasteiger partial charge >= 0.3 is 0 Å². The van der Waals surface area contributed by atoms with Gasteiger partial charge in [-0.05, 0) is 30.2 Å². The summed E-state index contributed by atoms with van der Waals surface area (Å²) < 4.78 is 6.09. The van der Waals surface area contributed by atoms with Crippen molar-refractivity contribution in [3.05, 3.63) is 59.9 Å². The quantitative estimate of drug-likeness (QED) is 0.402. The fourth-order valence-electron chi connectivity index (χ4n) is 3.94. The minimum atomic E-state index is -0.592. The molecule has 2 saturated heterocycles. The third-order valence-electron chi connectivity index (χ3n) is 5.23. The fraction of sp³-hybridized carbons (Fsp3) is 0.524. The van der Waals surface area contributed by atoms with Gasteiger partial charge in [0.15, 0.2) is 0 Å². The highest BCUT2D eigenvalue weighted by Gasteiger charge is 2.47. The van der Waals surface area contributed by atoms with E-state index in [4.69, 9.17) is 4.74 Å². The molecule has 1 unspecified atom stereocenters. The molecular weight excluding hydrogens is 332 g/mol. The lowest BCUT2D eigenvalue weighted by Gasteiger charge is -2.25. The maximum atomic E-state index is 10.4. The first-order chi connectivity index (χ1) is 12.2. The average Bonchev–Trinajstić information content (AvgIpc) is 3.22. The van der Waals surface area contributed by atoms with E-state index in [1.807, 2.05) is 54.2 Å². The largest absolute Gasteiger partial charge is 0.513 e. The second-order valence-electron chi connectivity index (χ2n) is 6.83. The van der Waals surface area contributed by atoms with Crippen LogP contribution in [0.25, 0.3) is 0 Å². The number of hydrogen-bond acceptors (Lipinski definition) is 4. The van der Waals surface area contributed by atoms with E-state index < -0.39 is 6.10 Å². The van der Waals surface area contributed by atoms with E-state index in [1.54, 1.807) is 0 Å². The number of ether oxygens (including phenoxy) is 1. The number of aliphatic hydroxyl groups is 2. The molecule has 2 bridgehead atoms. The predicted octanol–water partition coefficient (Wildman–Crippen LogP) is 4.65. The Balaban J connectivity index is 1.64. The van der Waals surface area contributed by atoms with E-state index in [9.17, 15) is 10.2 Å². The van der Waals surface area contributed by atoms with Crippen LogP contribution < -0.4 is 0 Å². The molecule has 0 radical (unpaired) electrons. The molecule has 4 heteroatoms. The molecule has 136 valence electrons. The van der Waals surface area contributed by atoms with Crippen LogP contribution in [0.3, 0.4) is 0 Å². The minimum Gasteiger partial charge on any atom is -0.513 e. The smallest absolute Gasteiger partial charge is 0.0971 e. The van der Waals surface area contributed by atoms with Crippen LogP contribution in [0, 0.1) is 11.8 Å². The molecule has 3 rings (SSSR count). The Morgan fingerprint density at radius 3 is 2.80 bits per heavy atom. The summed E-state index contributed by atoms with van der Waals surface area (Å²) in [4.78, 5) is 0. The molecule has 1 aromatic carbocycles. The molecule has 2 N–H and O–H groups in total. The van der Waals surface area contributed by atoms with E-state index in [0.29, 0.717) is 18.1 Å². The highest BCUT2D eigenvalue weighted by atomic mass is 32.2. The summed E-state index contributed by atoms with van der Waals surface area (Å²) in [6.07, 6.45) is 8.62. The molecule has 0 amide bonds. The van der Waals surface area contributed by atoms with E-state index in [0.717, 1.165) is 29.9 Å². The molecule has 0 aromatic heterocycles. The van der Waals surface area contributed by atoms with Crippen molar-refractivity contribution in [1.29, 1.82) is 0 Å². The van der Waals surface area contributed by atoms with Gasteiger partial charge in [-0.2, -0.15) is 11.8 Å². The summed E-state index contributed by atoms with van der Waals surface area (Å²) in [6.45, 7) is 2.12. The highest BCUT2D eigenvalue weighted by molar-refractivity contribution is 7.99. The zero-order valence-corrected chi connectivity index (χ0v) is 15.6. The van der Waals surface area contributed by atoms with Crippen molar-refractivity contribution >= 4 is 11.8 Å². The molecule has 1 aromatic rings. The van der Waals surface area contributed by atoms with E-state index in [1.165, 1.54) is 0 Å². The maximum Gasteiger partial charge on any atom is 0.0971 e. The monoisotopic (exact) mass is 360 g/mol. The van der Waals surface area contributed by atoms with Crippen molar-refractivity contribution < 1.29 is 14.9 Å². The van der Waals surface area contributed by atoms with Crippen LogP contribution in [0.15, 0.2) is 54.3 Å². The molecule has 2 aliphatic rings. The van der Waals surface area contributed by atoms with Gasteiger partial charge in [-0.3, -0.25) is 0 Å².